The van der Waals surface area contributed by atoms with Gasteiger partial charge >= 0.3 is 6.03 Å². The molecule has 3 nitrogen and oxygen atoms in total. The number of carbonyl (C=O) groups excluding carboxylic acids is 1. The molecule has 0 bridgehead atoms. The van der Waals surface area contributed by atoms with E-state index in [0.29, 0.717) is 23.8 Å². The molecule has 5 heteroatoms. The standard InChI is InChI=1S/C15H15ClN2OS/c1-2-8-18(11-14-7-4-9-20-14)15(19)17-13-6-3-5-12(16)10-13/h2-7,9-10H,1,8,11H2,(H,17,19). The van der Waals surface area contributed by atoms with E-state index in [0.717, 1.165) is 4.88 Å². The lowest BCUT2D eigenvalue weighted by Gasteiger charge is -2.21. The first-order chi connectivity index (χ1) is 9.69. The number of rotatable bonds is 5. The van der Waals surface area contributed by atoms with Gasteiger partial charge in [0, 0.05) is 22.1 Å². The topological polar surface area (TPSA) is 32.3 Å². The molecule has 1 aromatic heterocycles. The maximum atomic E-state index is 12.3. The Kier molecular flexibility index (Phi) is 5.21. The third kappa shape index (κ3) is 4.11. The SMILES string of the molecule is C=CCN(Cc1cccs1)C(=O)Nc1cccc(Cl)c1. The average Bonchev–Trinajstić information content (AvgIpc) is 2.91. The van der Waals surface area contributed by atoms with Gasteiger partial charge in [-0.3, -0.25) is 0 Å². The fourth-order valence-electron chi connectivity index (χ4n) is 1.73. The Labute approximate surface area is 127 Å². The van der Waals surface area contributed by atoms with Crippen molar-refractivity contribution in [3.8, 4) is 0 Å². The van der Waals surface area contributed by atoms with Gasteiger partial charge in [-0.2, -0.15) is 0 Å². The summed E-state index contributed by atoms with van der Waals surface area (Å²) in [6, 6.07) is 10.9. The van der Waals surface area contributed by atoms with Crippen LogP contribution >= 0.6 is 22.9 Å². The molecule has 20 heavy (non-hydrogen) atoms. The van der Waals surface area contributed by atoms with Gasteiger partial charge in [-0.25, -0.2) is 4.79 Å². The number of amides is 2. The van der Waals surface area contributed by atoms with Crippen molar-refractivity contribution in [1.82, 2.24) is 4.90 Å². The molecule has 0 aliphatic heterocycles. The number of anilines is 1. The van der Waals surface area contributed by atoms with Crippen molar-refractivity contribution in [2.24, 2.45) is 0 Å². The lowest BCUT2D eigenvalue weighted by Crippen LogP contribution is -2.34. The van der Waals surface area contributed by atoms with Gasteiger partial charge in [-0.15, -0.1) is 17.9 Å². The van der Waals surface area contributed by atoms with E-state index in [2.05, 4.69) is 11.9 Å². The zero-order valence-electron chi connectivity index (χ0n) is 10.9. The summed E-state index contributed by atoms with van der Waals surface area (Å²) in [5.41, 5.74) is 0.683. The minimum Gasteiger partial charge on any atom is -0.316 e. The summed E-state index contributed by atoms with van der Waals surface area (Å²) in [7, 11) is 0. The van der Waals surface area contributed by atoms with Gasteiger partial charge in [0.2, 0.25) is 0 Å². The fraction of sp³-hybridized carbons (Fsp3) is 0.133. The molecule has 1 N–H and O–H groups in total. The van der Waals surface area contributed by atoms with E-state index in [1.807, 2.05) is 17.5 Å². The zero-order valence-corrected chi connectivity index (χ0v) is 12.5. The Hall–Kier alpha value is -1.78. The third-order valence-electron chi connectivity index (χ3n) is 2.64. The van der Waals surface area contributed by atoms with Gasteiger partial charge in [0.15, 0.2) is 0 Å². The van der Waals surface area contributed by atoms with Crippen LogP contribution in [-0.4, -0.2) is 17.5 Å². The number of nitrogens with zero attached hydrogens (tertiary/aromatic N) is 1. The molecule has 1 heterocycles. The number of halogens is 1. The number of nitrogens with one attached hydrogen (secondary N) is 1. The molecule has 0 radical (unpaired) electrons. The van der Waals surface area contributed by atoms with Gasteiger partial charge in [0.05, 0.1) is 6.54 Å². The van der Waals surface area contributed by atoms with Crippen molar-refractivity contribution >= 4 is 34.7 Å². The fourth-order valence-corrected chi connectivity index (χ4v) is 2.64. The minimum atomic E-state index is -0.166. The highest BCUT2D eigenvalue weighted by molar-refractivity contribution is 7.09. The monoisotopic (exact) mass is 306 g/mol. The summed E-state index contributed by atoms with van der Waals surface area (Å²) < 4.78 is 0. The smallest absolute Gasteiger partial charge is 0.316 e. The van der Waals surface area contributed by atoms with Crippen molar-refractivity contribution in [2.45, 2.75) is 6.54 Å². The molecule has 0 atom stereocenters. The quantitative estimate of drug-likeness (QED) is 0.803. The highest BCUT2D eigenvalue weighted by Gasteiger charge is 2.13. The molecule has 0 saturated heterocycles. The van der Waals surface area contributed by atoms with Gasteiger partial charge in [-0.05, 0) is 29.6 Å². The molecule has 2 amide bonds. The van der Waals surface area contributed by atoms with Crippen molar-refractivity contribution in [3.05, 3.63) is 64.3 Å². The minimum absolute atomic E-state index is 0.166. The second-order valence-electron chi connectivity index (χ2n) is 4.19. The van der Waals surface area contributed by atoms with Gasteiger partial charge in [-0.1, -0.05) is 29.8 Å². The van der Waals surface area contributed by atoms with E-state index in [4.69, 9.17) is 11.6 Å². The van der Waals surface area contributed by atoms with E-state index in [1.54, 1.807) is 46.6 Å². The van der Waals surface area contributed by atoms with Crippen molar-refractivity contribution in [2.75, 3.05) is 11.9 Å². The second-order valence-corrected chi connectivity index (χ2v) is 5.66. The van der Waals surface area contributed by atoms with Gasteiger partial charge in [0.25, 0.3) is 0 Å². The highest BCUT2D eigenvalue weighted by Crippen LogP contribution is 2.17. The van der Waals surface area contributed by atoms with Crippen LogP contribution in [0.2, 0.25) is 5.02 Å². The number of carbonyl (C=O) groups is 1. The molecule has 1 aromatic carbocycles. The lowest BCUT2D eigenvalue weighted by molar-refractivity contribution is 0.215. The molecular weight excluding hydrogens is 292 g/mol. The largest absolute Gasteiger partial charge is 0.322 e. The predicted molar refractivity (Wildman–Crippen MR) is 85.4 cm³/mol. The Bertz CT molecular complexity index is 583. The summed E-state index contributed by atoms with van der Waals surface area (Å²) in [6.45, 7) is 4.75. The van der Waals surface area contributed by atoms with Gasteiger partial charge < -0.3 is 10.2 Å². The highest BCUT2D eigenvalue weighted by atomic mass is 35.5. The molecule has 0 unspecified atom stereocenters. The number of hydrogen-bond donors (Lipinski definition) is 1. The van der Waals surface area contributed by atoms with Crippen LogP contribution in [0.4, 0.5) is 10.5 Å². The second kappa shape index (κ2) is 7.12. The first-order valence-corrected chi connectivity index (χ1v) is 7.39. The van der Waals surface area contributed by atoms with Crippen molar-refractivity contribution < 1.29 is 4.79 Å². The van der Waals surface area contributed by atoms with Crippen LogP contribution in [0.1, 0.15) is 4.88 Å². The molecule has 0 saturated carbocycles. The Morgan fingerprint density at radius 2 is 2.25 bits per heavy atom. The molecule has 0 spiro atoms. The lowest BCUT2D eigenvalue weighted by atomic mass is 10.3. The number of benzene rings is 1. The summed E-state index contributed by atoms with van der Waals surface area (Å²) in [4.78, 5) is 15.1. The predicted octanol–water partition coefficient (Wildman–Crippen LogP) is 4.62. The maximum absolute atomic E-state index is 12.3. The van der Waals surface area contributed by atoms with Crippen molar-refractivity contribution in [3.63, 3.8) is 0 Å². The van der Waals surface area contributed by atoms with E-state index in [9.17, 15) is 4.79 Å². The van der Waals surface area contributed by atoms with Crippen LogP contribution in [0, 0.1) is 0 Å². The van der Waals surface area contributed by atoms with E-state index in [-0.39, 0.29) is 6.03 Å². The molecule has 0 fully saturated rings. The average molecular weight is 307 g/mol. The molecule has 0 aliphatic carbocycles. The molecule has 2 rings (SSSR count). The zero-order chi connectivity index (χ0) is 14.4. The normalized spacial score (nSPS) is 10.1. The Morgan fingerprint density at radius 1 is 1.40 bits per heavy atom. The first-order valence-electron chi connectivity index (χ1n) is 6.14. The molecule has 2 aromatic rings. The van der Waals surface area contributed by atoms with Crippen LogP contribution < -0.4 is 5.32 Å². The van der Waals surface area contributed by atoms with Gasteiger partial charge in [0.1, 0.15) is 0 Å². The van der Waals surface area contributed by atoms with Crippen LogP contribution in [-0.2, 0) is 6.54 Å². The summed E-state index contributed by atoms with van der Waals surface area (Å²) in [5, 5.41) is 5.43. The molecule has 0 aliphatic rings. The molecule has 104 valence electrons. The maximum Gasteiger partial charge on any atom is 0.322 e. The summed E-state index contributed by atoms with van der Waals surface area (Å²) in [5.74, 6) is 0. The van der Waals surface area contributed by atoms with Crippen LogP contribution in [0.15, 0.2) is 54.4 Å². The van der Waals surface area contributed by atoms with E-state index >= 15 is 0 Å². The number of urea groups is 1. The number of thiophene rings is 1. The third-order valence-corrected chi connectivity index (χ3v) is 3.74. The Balaban J connectivity index is 2.04. The molecular formula is C15H15ClN2OS. The summed E-state index contributed by atoms with van der Waals surface area (Å²) in [6.07, 6.45) is 1.71. The number of hydrogen-bond acceptors (Lipinski definition) is 2. The van der Waals surface area contributed by atoms with E-state index in [1.165, 1.54) is 0 Å². The van der Waals surface area contributed by atoms with E-state index < -0.39 is 0 Å². The van der Waals surface area contributed by atoms with Crippen LogP contribution in [0.5, 0.6) is 0 Å². The Morgan fingerprint density at radius 3 is 2.90 bits per heavy atom. The first kappa shape index (κ1) is 14.6. The van der Waals surface area contributed by atoms with Crippen LogP contribution in [0.25, 0.3) is 0 Å². The van der Waals surface area contributed by atoms with Crippen molar-refractivity contribution in [1.29, 1.82) is 0 Å². The summed E-state index contributed by atoms with van der Waals surface area (Å²) >= 11 is 7.53. The van der Waals surface area contributed by atoms with Crippen LogP contribution in [0.3, 0.4) is 0 Å².